The van der Waals surface area contributed by atoms with E-state index in [0.717, 1.165) is 24.0 Å². The van der Waals surface area contributed by atoms with E-state index < -0.39 is 0 Å². The molecule has 0 spiro atoms. The molecule has 6 heteroatoms. The van der Waals surface area contributed by atoms with Crippen LogP contribution in [0.4, 0.5) is 5.69 Å². The summed E-state index contributed by atoms with van der Waals surface area (Å²) < 4.78 is 0. The topological polar surface area (TPSA) is 69.8 Å². The second kappa shape index (κ2) is 7.18. The van der Waals surface area contributed by atoms with E-state index in [1.165, 1.54) is 15.8 Å². The van der Waals surface area contributed by atoms with Crippen LogP contribution in [0.5, 0.6) is 0 Å². The molecule has 5 nitrogen and oxygen atoms in total. The fourth-order valence-corrected chi connectivity index (χ4v) is 3.98. The number of nitrogens with one attached hydrogen (secondary N) is 1. The van der Waals surface area contributed by atoms with E-state index in [0.29, 0.717) is 10.7 Å². The van der Waals surface area contributed by atoms with Gasteiger partial charge in [-0.3, -0.25) is 9.59 Å². The van der Waals surface area contributed by atoms with Crippen molar-refractivity contribution in [2.45, 2.75) is 25.8 Å². The zero-order valence-electron chi connectivity index (χ0n) is 15.0. The van der Waals surface area contributed by atoms with Crippen molar-refractivity contribution >= 4 is 40.0 Å². The molecule has 1 saturated heterocycles. The number of nitrogens with zero attached hydrogens (tertiary/aromatic N) is 1. The highest BCUT2D eigenvalue weighted by molar-refractivity contribution is 6.36. The van der Waals surface area contributed by atoms with Crippen LogP contribution >= 0.6 is 11.6 Å². The van der Waals surface area contributed by atoms with Crippen molar-refractivity contribution in [3.05, 3.63) is 64.8 Å². The number of halogens is 1. The molecule has 0 radical (unpaired) electrons. The standard InChI is InChI=1S/C21H20ClN3O2/c1-13-6-7-19(16(22)10-13)25-20(26)11-18(21(25)27)23-9-8-14-12-24-17-5-3-2-4-15(14)17/h2-7,10,12,18,23-24H,8-9,11H2,1H3/p+1/t18-/m1/s1. The Balaban J connectivity index is 1.43. The van der Waals surface area contributed by atoms with Gasteiger partial charge in [0.1, 0.15) is 0 Å². The molecule has 2 amide bonds. The van der Waals surface area contributed by atoms with Gasteiger partial charge in [0.05, 0.1) is 23.7 Å². The lowest BCUT2D eigenvalue weighted by atomic mass is 10.1. The van der Waals surface area contributed by atoms with Crippen molar-refractivity contribution in [3.8, 4) is 0 Å². The lowest BCUT2D eigenvalue weighted by Crippen LogP contribution is -2.92. The number of para-hydroxylation sites is 1. The number of carbonyl (C=O) groups excluding carboxylic acids is 2. The molecule has 0 unspecified atom stereocenters. The molecule has 27 heavy (non-hydrogen) atoms. The quantitative estimate of drug-likeness (QED) is 0.666. The van der Waals surface area contributed by atoms with Gasteiger partial charge in [-0.05, 0) is 36.2 Å². The molecule has 138 valence electrons. The van der Waals surface area contributed by atoms with Crippen LogP contribution in [0.1, 0.15) is 17.5 Å². The summed E-state index contributed by atoms with van der Waals surface area (Å²) in [5.41, 5.74) is 3.80. The lowest BCUT2D eigenvalue weighted by molar-refractivity contribution is -0.674. The molecule has 4 rings (SSSR count). The number of fused-ring (bicyclic) bond motifs is 1. The smallest absolute Gasteiger partial charge is 0.292 e. The van der Waals surface area contributed by atoms with Crippen molar-refractivity contribution in [1.82, 2.24) is 4.98 Å². The third kappa shape index (κ3) is 3.36. The molecule has 1 fully saturated rings. The summed E-state index contributed by atoms with van der Waals surface area (Å²) in [4.78, 5) is 29.7. The van der Waals surface area contributed by atoms with Crippen molar-refractivity contribution in [2.75, 3.05) is 11.4 Å². The molecule has 2 heterocycles. The first kappa shape index (κ1) is 17.8. The molecule has 1 atom stereocenters. The highest BCUT2D eigenvalue weighted by Gasteiger charge is 2.42. The van der Waals surface area contributed by atoms with Crippen molar-refractivity contribution < 1.29 is 14.9 Å². The number of aromatic nitrogens is 1. The Morgan fingerprint density at radius 1 is 1.22 bits per heavy atom. The third-order valence-corrected chi connectivity index (χ3v) is 5.37. The maximum atomic E-state index is 12.8. The molecule has 0 bridgehead atoms. The van der Waals surface area contributed by atoms with E-state index in [1.54, 1.807) is 12.1 Å². The maximum absolute atomic E-state index is 12.8. The first-order valence-corrected chi connectivity index (χ1v) is 9.43. The zero-order chi connectivity index (χ0) is 19.0. The summed E-state index contributed by atoms with van der Waals surface area (Å²) >= 11 is 6.26. The van der Waals surface area contributed by atoms with Crippen LogP contribution in [0, 0.1) is 6.92 Å². The lowest BCUT2D eigenvalue weighted by Gasteiger charge is -2.16. The fourth-order valence-electron chi connectivity index (χ4n) is 3.66. The molecule has 1 aliphatic heterocycles. The number of anilines is 1. The molecule has 0 saturated carbocycles. The molecule has 1 aromatic heterocycles. The Bertz CT molecular complexity index is 1030. The summed E-state index contributed by atoms with van der Waals surface area (Å²) in [5, 5.41) is 3.59. The molecular weight excluding hydrogens is 362 g/mol. The number of rotatable bonds is 5. The third-order valence-electron chi connectivity index (χ3n) is 5.07. The van der Waals surface area contributed by atoms with Crippen LogP contribution in [0.25, 0.3) is 10.9 Å². The average molecular weight is 383 g/mol. The van der Waals surface area contributed by atoms with Crippen LogP contribution in [0.15, 0.2) is 48.7 Å². The number of nitrogens with two attached hydrogens (primary N) is 1. The number of hydrogen-bond acceptors (Lipinski definition) is 2. The summed E-state index contributed by atoms with van der Waals surface area (Å²) in [7, 11) is 0. The van der Waals surface area contributed by atoms with Gasteiger partial charge < -0.3 is 10.3 Å². The molecule has 2 aromatic carbocycles. The highest BCUT2D eigenvalue weighted by Crippen LogP contribution is 2.30. The van der Waals surface area contributed by atoms with Crippen LogP contribution in [-0.4, -0.2) is 29.4 Å². The van der Waals surface area contributed by atoms with E-state index >= 15 is 0 Å². The van der Waals surface area contributed by atoms with Crippen LogP contribution < -0.4 is 10.2 Å². The number of hydrogen-bond donors (Lipinski definition) is 2. The largest absolute Gasteiger partial charge is 0.361 e. The van der Waals surface area contributed by atoms with Gasteiger partial charge in [0, 0.05) is 23.5 Å². The number of carbonyl (C=O) groups is 2. The first-order chi connectivity index (χ1) is 13.0. The second-order valence-corrected chi connectivity index (χ2v) is 7.37. The summed E-state index contributed by atoms with van der Waals surface area (Å²) in [5.74, 6) is -0.385. The van der Waals surface area contributed by atoms with Gasteiger partial charge in [0.15, 0.2) is 6.04 Å². The number of aromatic amines is 1. The maximum Gasteiger partial charge on any atom is 0.292 e. The van der Waals surface area contributed by atoms with Gasteiger partial charge in [0.2, 0.25) is 5.91 Å². The average Bonchev–Trinajstić information content (AvgIpc) is 3.17. The SMILES string of the molecule is Cc1ccc(N2C(=O)C[C@@H]([NH2+]CCc3c[nH]c4ccccc34)C2=O)c(Cl)c1. The predicted molar refractivity (Wildman–Crippen MR) is 106 cm³/mol. The van der Waals surface area contributed by atoms with E-state index in [1.807, 2.05) is 42.7 Å². The van der Waals surface area contributed by atoms with Crippen LogP contribution in [0.2, 0.25) is 5.02 Å². The normalized spacial score (nSPS) is 17.3. The number of H-pyrrole nitrogens is 1. The van der Waals surface area contributed by atoms with Crippen LogP contribution in [0.3, 0.4) is 0 Å². The van der Waals surface area contributed by atoms with E-state index in [4.69, 9.17) is 11.6 Å². The second-order valence-electron chi connectivity index (χ2n) is 6.97. The number of amides is 2. The number of quaternary nitrogens is 1. The van der Waals surface area contributed by atoms with Gasteiger partial charge in [-0.2, -0.15) is 0 Å². The van der Waals surface area contributed by atoms with Crippen molar-refractivity contribution in [2.24, 2.45) is 0 Å². The molecule has 3 aromatic rings. The van der Waals surface area contributed by atoms with Gasteiger partial charge >= 0.3 is 0 Å². The molecule has 0 aliphatic carbocycles. The fraction of sp³-hybridized carbons (Fsp3) is 0.238. The zero-order valence-corrected chi connectivity index (χ0v) is 15.8. The molecule has 3 N–H and O–H groups in total. The minimum Gasteiger partial charge on any atom is -0.361 e. The number of aryl methyl sites for hydroxylation is 1. The number of benzene rings is 2. The van der Waals surface area contributed by atoms with Gasteiger partial charge in [-0.25, -0.2) is 4.90 Å². The monoisotopic (exact) mass is 382 g/mol. The van der Waals surface area contributed by atoms with Gasteiger partial charge in [-0.1, -0.05) is 35.9 Å². The van der Waals surface area contributed by atoms with E-state index in [2.05, 4.69) is 11.1 Å². The number of imide groups is 1. The van der Waals surface area contributed by atoms with Crippen molar-refractivity contribution in [3.63, 3.8) is 0 Å². The summed E-state index contributed by atoms with van der Waals surface area (Å²) in [6.45, 7) is 2.66. The van der Waals surface area contributed by atoms with Crippen molar-refractivity contribution in [1.29, 1.82) is 0 Å². The van der Waals surface area contributed by atoms with Crippen LogP contribution in [-0.2, 0) is 16.0 Å². The van der Waals surface area contributed by atoms with Gasteiger partial charge in [-0.15, -0.1) is 0 Å². The Morgan fingerprint density at radius 2 is 2.04 bits per heavy atom. The van der Waals surface area contributed by atoms with Gasteiger partial charge in [0.25, 0.3) is 5.91 Å². The minimum absolute atomic E-state index is 0.190. The van der Waals surface area contributed by atoms with E-state index in [9.17, 15) is 9.59 Å². The Morgan fingerprint density at radius 3 is 2.85 bits per heavy atom. The predicted octanol–water partition coefficient (Wildman–Crippen LogP) is 2.57. The van der Waals surface area contributed by atoms with E-state index in [-0.39, 0.29) is 24.3 Å². The summed E-state index contributed by atoms with van der Waals surface area (Å²) in [6.07, 6.45) is 3.04. The summed E-state index contributed by atoms with van der Waals surface area (Å²) in [6, 6.07) is 13.1. The Labute approximate surface area is 162 Å². The Kier molecular flexibility index (Phi) is 4.72. The minimum atomic E-state index is -0.389. The first-order valence-electron chi connectivity index (χ1n) is 9.06. The molecular formula is C21H21ClN3O2+. The Hall–Kier alpha value is -2.63. The highest BCUT2D eigenvalue weighted by atomic mass is 35.5. The molecule has 1 aliphatic rings.